The highest BCUT2D eigenvalue weighted by Crippen LogP contribution is 2.33. The highest BCUT2D eigenvalue weighted by Gasteiger charge is 2.15. The van der Waals surface area contributed by atoms with Gasteiger partial charge in [0.15, 0.2) is 5.82 Å². The van der Waals surface area contributed by atoms with Gasteiger partial charge in [0.1, 0.15) is 10.8 Å². The fourth-order valence-electron chi connectivity index (χ4n) is 2.97. The zero-order chi connectivity index (χ0) is 22.7. The largest absolute Gasteiger partial charge is 0.439 e. The van der Waals surface area contributed by atoms with Gasteiger partial charge in [-0.15, -0.1) is 16.9 Å². The van der Waals surface area contributed by atoms with Crippen molar-refractivity contribution in [2.45, 2.75) is 37.5 Å². The number of benzene rings is 2. The number of H-pyrrole nitrogens is 1. The van der Waals surface area contributed by atoms with Crippen LogP contribution in [0.2, 0.25) is 0 Å². The topological polar surface area (TPSA) is 115 Å². The van der Waals surface area contributed by atoms with E-state index >= 15 is 0 Å². The summed E-state index contributed by atoms with van der Waals surface area (Å²) in [6, 6.07) is 17.3. The van der Waals surface area contributed by atoms with E-state index in [1.54, 1.807) is 17.8 Å². The van der Waals surface area contributed by atoms with Crippen LogP contribution in [0.1, 0.15) is 26.3 Å². The Hall–Kier alpha value is -3.59. The number of nitrogens with zero attached hydrogens (tertiary/aromatic N) is 4. The number of thioether (sulfide) groups is 1. The summed E-state index contributed by atoms with van der Waals surface area (Å²) in [5, 5.41) is 11.2. The number of anilines is 3. The predicted molar refractivity (Wildman–Crippen MR) is 128 cm³/mol. The van der Waals surface area contributed by atoms with Crippen LogP contribution >= 0.6 is 11.8 Å². The second-order valence-corrected chi connectivity index (χ2v) is 10.1. The van der Waals surface area contributed by atoms with Gasteiger partial charge >= 0.3 is 0 Å². The molecule has 2 heterocycles. The van der Waals surface area contributed by atoms with Crippen LogP contribution in [0.25, 0.3) is 11.4 Å². The summed E-state index contributed by atoms with van der Waals surface area (Å²) >= 11 is 1.60. The van der Waals surface area contributed by atoms with Crippen molar-refractivity contribution in [3.05, 3.63) is 60.2 Å². The Labute approximate surface area is 191 Å². The van der Waals surface area contributed by atoms with E-state index in [2.05, 4.69) is 51.2 Å². The van der Waals surface area contributed by atoms with Crippen molar-refractivity contribution in [3.63, 3.8) is 0 Å². The quantitative estimate of drug-likeness (QED) is 0.259. The summed E-state index contributed by atoms with van der Waals surface area (Å²) in [4.78, 5) is 13.0. The van der Waals surface area contributed by atoms with E-state index in [1.807, 2.05) is 55.5 Å². The van der Waals surface area contributed by atoms with Gasteiger partial charge in [-0.3, -0.25) is 5.10 Å². The Balaban J connectivity index is 1.52. The molecule has 0 aliphatic heterocycles. The van der Waals surface area contributed by atoms with E-state index < -0.39 is 0 Å². The molecule has 0 radical (unpaired) electrons. The number of aryl methyl sites for hydroxylation is 1. The smallest absolute Gasteiger partial charge is 0.246 e. The third-order valence-corrected chi connectivity index (χ3v) is 5.23. The molecule has 0 amide bonds. The maximum atomic E-state index is 5.97. The lowest BCUT2D eigenvalue weighted by Gasteiger charge is -2.17. The fourth-order valence-corrected chi connectivity index (χ4v) is 3.89. The van der Waals surface area contributed by atoms with E-state index in [1.165, 1.54) is 0 Å². The van der Waals surface area contributed by atoms with Crippen molar-refractivity contribution in [3.8, 4) is 23.0 Å². The standard InChI is InChI=1S/C23H25N7OS/c1-14-7-5-9-16(11-14)25-22-28-20(29-30-22)15-8-6-10-17(12-15)31-18-13-19(27-21(24)26-18)32-23(2,3)4/h5-13H,1-4H3,(H2,24,26,27)(H2,25,28,29,30). The molecular weight excluding hydrogens is 422 g/mol. The molecule has 4 aromatic rings. The van der Waals surface area contributed by atoms with Gasteiger partial charge < -0.3 is 15.8 Å². The SMILES string of the molecule is Cc1cccc(Nc2n[nH]c(-c3cccc(Oc4cc(SC(C)(C)C)nc(N)n4)c3)n2)c1. The van der Waals surface area contributed by atoms with Crippen molar-refractivity contribution in [2.75, 3.05) is 11.1 Å². The molecule has 32 heavy (non-hydrogen) atoms. The number of nitrogens with two attached hydrogens (primary N) is 1. The van der Waals surface area contributed by atoms with Gasteiger partial charge in [-0.05, 0) is 36.8 Å². The number of aromatic amines is 1. The molecule has 0 saturated carbocycles. The molecule has 0 bridgehead atoms. The molecular formula is C23H25N7OS. The summed E-state index contributed by atoms with van der Waals surface area (Å²) < 4.78 is 5.96. The summed E-state index contributed by atoms with van der Waals surface area (Å²) in [5.74, 6) is 2.28. The minimum Gasteiger partial charge on any atom is -0.439 e. The average molecular weight is 448 g/mol. The molecule has 0 spiro atoms. The zero-order valence-electron chi connectivity index (χ0n) is 18.4. The molecule has 4 rings (SSSR count). The fraction of sp³-hybridized carbons (Fsp3) is 0.217. The zero-order valence-corrected chi connectivity index (χ0v) is 19.2. The number of nitrogens with one attached hydrogen (secondary N) is 2. The lowest BCUT2D eigenvalue weighted by Crippen LogP contribution is -2.08. The molecule has 0 fully saturated rings. The minimum absolute atomic E-state index is 0.00550. The van der Waals surface area contributed by atoms with E-state index in [4.69, 9.17) is 10.5 Å². The van der Waals surface area contributed by atoms with Gasteiger partial charge in [-0.25, -0.2) is 4.98 Å². The number of aromatic nitrogens is 5. The molecule has 0 saturated heterocycles. The first-order chi connectivity index (χ1) is 15.2. The monoisotopic (exact) mass is 447 g/mol. The first-order valence-corrected chi connectivity index (χ1v) is 10.9. The highest BCUT2D eigenvalue weighted by molar-refractivity contribution is 8.00. The van der Waals surface area contributed by atoms with Crippen LogP contribution in [-0.4, -0.2) is 29.9 Å². The average Bonchev–Trinajstić information content (AvgIpc) is 3.15. The molecule has 0 aliphatic carbocycles. The number of rotatable bonds is 6. The number of hydrogen-bond donors (Lipinski definition) is 3. The van der Waals surface area contributed by atoms with Crippen LogP contribution in [0.4, 0.5) is 17.6 Å². The predicted octanol–water partition coefficient (Wildman–Crippen LogP) is 5.58. The molecule has 0 unspecified atom stereocenters. The summed E-state index contributed by atoms with van der Waals surface area (Å²) in [7, 11) is 0. The maximum Gasteiger partial charge on any atom is 0.246 e. The molecule has 2 aromatic heterocycles. The number of nitrogen functional groups attached to an aromatic ring is 1. The lowest BCUT2D eigenvalue weighted by molar-refractivity contribution is 0.460. The van der Waals surface area contributed by atoms with Gasteiger partial charge in [0, 0.05) is 22.1 Å². The van der Waals surface area contributed by atoms with Crippen LogP contribution in [0.3, 0.4) is 0 Å². The molecule has 164 valence electrons. The number of hydrogen-bond acceptors (Lipinski definition) is 8. The lowest BCUT2D eigenvalue weighted by atomic mass is 10.2. The summed E-state index contributed by atoms with van der Waals surface area (Å²) in [6.07, 6.45) is 0. The molecule has 4 N–H and O–H groups in total. The summed E-state index contributed by atoms with van der Waals surface area (Å²) in [6.45, 7) is 8.37. The van der Waals surface area contributed by atoms with Crippen molar-refractivity contribution in [1.29, 1.82) is 0 Å². The second kappa shape index (κ2) is 8.88. The van der Waals surface area contributed by atoms with Gasteiger partial charge in [0.25, 0.3) is 0 Å². The normalized spacial score (nSPS) is 11.4. The van der Waals surface area contributed by atoms with Crippen LogP contribution in [0.5, 0.6) is 11.6 Å². The van der Waals surface area contributed by atoms with Crippen molar-refractivity contribution < 1.29 is 4.74 Å². The Morgan fingerprint density at radius 2 is 1.81 bits per heavy atom. The van der Waals surface area contributed by atoms with E-state index in [9.17, 15) is 0 Å². The molecule has 2 aromatic carbocycles. The highest BCUT2D eigenvalue weighted by atomic mass is 32.2. The van der Waals surface area contributed by atoms with Gasteiger partial charge in [-0.1, -0.05) is 45.0 Å². The van der Waals surface area contributed by atoms with Crippen LogP contribution in [-0.2, 0) is 0 Å². The molecule has 9 heteroatoms. The molecule has 0 aliphatic rings. The van der Waals surface area contributed by atoms with Gasteiger partial charge in [-0.2, -0.15) is 9.97 Å². The molecule has 0 atom stereocenters. The molecule has 8 nitrogen and oxygen atoms in total. The second-order valence-electron chi connectivity index (χ2n) is 8.25. The van der Waals surface area contributed by atoms with Gasteiger partial charge in [0.05, 0.1) is 0 Å². The van der Waals surface area contributed by atoms with Gasteiger partial charge in [0.2, 0.25) is 17.8 Å². The van der Waals surface area contributed by atoms with Crippen molar-refractivity contribution in [2.24, 2.45) is 0 Å². The Morgan fingerprint density at radius 1 is 1.00 bits per heavy atom. The van der Waals surface area contributed by atoms with E-state index in [0.717, 1.165) is 21.8 Å². The van der Waals surface area contributed by atoms with E-state index in [-0.39, 0.29) is 10.7 Å². The first-order valence-electron chi connectivity index (χ1n) is 10.1. The number of ether oxygens (including phenoxy) is 1. The Bertz CT molecular complexity index is 1230. The van der Waals surface area contributed by atoms with Crippen LogP contribution < -0.4 is 15.8 Å². The first kappa shape index (κ1) is 21.6. The van der Waals surface area contributed by atoms with Crippen molar-refractivity contribution >= 4 is 29.3 Å². The van der Waals surface area contributed by atoms with Crippen molar-refractivity contribution in [1.82, 2.24) is 25.1 Å². The summed E-state index contributed by atoms with van der Waals surface area (Å²) in [5.41, 5.74) is 8.80. The Morgan fingerprint density at radius 3 is 2.59 bits per heavy atom. The third-order valence-electron chi connectivity index (χ3n) is 4.20. The van der Waals surface area contributed by atoms with E-state index in [0.29, 0.717) is 23.4 Å². The third kappa shape index (κ3) is 5.76. The van der Waals surface area contributed by atoms with Crippen LogP contribution in [0, 0.1) is 6.92 Å². The minimum atomic E-state index is -0.00550. The van der Waals surface area contributed by atoms with Crippen LogP contribution in [0.15, 0.2) is 59.6 Å². The Kier molecular flexibility index (Phi) is 6.00. The maximum absolute atomic E-state index is 5.97.